The first-order valence-corrected chi connectivity index (χ1v) is 8.67. The summed E-state index contributed by atoms with van der Waals surface area (Å²) in [7, 11) is 0. The van der Waals surface area contributed by atoms with Crippen LogP contribution >= 0.6 is 0 Å². The molecule has 2 saturated carbocycles. The molecule has 2 bridgehead atoms. The van der Waals surface area contributed by atoms with Gasteiger partial charge in [0.05, 0.1) is 11.3 Å². The second kappa shape index (κ2) is 5.20. The number of carbonyl (C=O) groups excluding carboxylic acids is 3. The molecule has 0 aromatic rings. The highest BCUT2D eigenvalue weighted by atomic mass is 16.6. The predicted molar refractivity (Wildman–Crippen MR) is 83.8 cm³/mol. The average Bonchev–Trinajstić information content (AvgIpc) is 3.05. The van der Waals surface area contributed by atoms with Crippen LogP contribution in [0.2, 0.25) is 0 Å². The molecule has 24 heavy (non-hydrogen) atoms. The van der Waals surface area contributed by atoms with Crippen molar-refractivity contribution in [3.05, 3.63) is 0 Å². The van der Waals surface area contributed by atoms with Gasteiger partial charge in [-0.05, 0) is 40.5 Å². The van der Waals surface area contributed by atoms with Gasteiger partial charge < -0.3 is 14.2 Å². The SMILES string of the molecule is CCC(C)(C)C(=O)OC(C)(C)C(=O)OC12CC3OC(=O)C(C1)C3C2. The van der Waals surface area contributed by atoms with Crippen LogP contribution in [0.4, 0.5) is 0 Å². The molecule has 6 nitrogen and oxygen atoms in total. The van der Waals surface area contributed by atoms with E-state index in [1.165, 1.54) is 0 Å². The maximum atomic E-state index is 12.6. The molecule has 3 fully saturated rings. The van der Waals surface area contributed by atoms with E-state index in [0.717, 1.165) is 0 Å². The first-order valence-electron chi connectivity index (χ1n) is 8.67. The minimum atomic E-state index is -1.36. The van der Waals surface area contributed by atoms with Crippen molar-refractivity contribution in [2.24, 2.45) is 17.3 Å². The zero-order valence-corrected chi connectivity index (χ0v) is 15.0. The molecule has 0 spiro atoms. The highest BCUT2D eigenvalue weighted by Gasteiger charge is 2.66. The fraction of sp³-hybridized carbons (Fsp3) is 0.833. The van der Waals surface area contributed by atoms with Crippen LogP contribution in [-0.2, 0) is 28.6 Å². The van der Waals surface area contributed by atoms with E-state index in [9.17, 15) is 14.4 Å². The number of rotatable bonds is 5. The molecular formula is C18H26O6. The van der Waals surface area contributed by atoms with E-state index in [0.29, 0.717) is 25.7 Å². The molecule has 3 rings (SSSR count). The van der Waals surface area contributed by atoms with Crippen LogP contribution in [0.15, 0.2) is 0 Å². The van der Waals surface area contributed by atoms with Crippen molar-refractivity contribution >= 4 is 17.9 Å². The van der Waals surface area contributed by atoms with Crippen LogP contribution in [0, 0.1) is 17.3 Å². The summed E-state index contributed by atoms with van der Waals surface area (Å²) in [6.45, 7) is 8.57. The van der Waals surface area contributed by atoms with Gasteiger partial charge in [0.25, 0.3) is 0 Å². The van der Waals surface area contributed by atoms with Gasteiger partial charge in [0, 0.05) is 18.8 Å². The number of carbonyl (C=O) groups is 3. The normalized spacial score (nSPS) is 34.2. The standard InChI is InChI=1S/C18H26O6/c1-6-16(2,3)14(20)23-17(4,5)15(21)24-18-7-10-11(8-18)13(19)22-12(10)9-18/h10-12H,6-9H2,1-5H3. The van der Waals surface area contributed by atoms with Gasteiger partial charge in [0.15, 0.2) is 0 Å². The van der Waals surface area contributed by atoms with E-state index in [4.69, 9.17) is 14.2 Å². The van der Waals surface area contributed by atoms with Crippen molar-refractivity contribution in [1.29, 1.82) is 0 Å². The fourth-order valence-corrected chi connectivity index (χ4v) is 3.91. The Morgan fingerprint density at radius 2 is 1.83 bits per heavy atom. The van der Waals surface area contributed by atoms with E-state index in [-0.39, 0.29) is 23.9 Å². The van der Waals surface area contributed by atoms with Crippen LogP contribution in [0.5, 0.6) is 0 Å². The molecule has 1 aliphatic heterocycles. The van der Waals surface area contributed by atoms with Crippen LogP contribution in [0.25, 0.3) is 0 Å². The molecule has 1 heterocycles. The Hall–Kier alpha value is -1.59. The Balaban J connectivity index is 1.67. The van der Waals surface area contributed by atoms with Crippen molar-refractivity contribution in [1.82, 2.24) is 0 Å². The highest BCUT2D eigenvalue weighted by molar-refractivity contribution is 5.85. The molecule has 3 aliphatic rings. The summed E-state index contributed by atoms with van der Waals surface area (Å²) in [5.74, 6) is -1.14. The molecule has 0 radical (unpaired) electrons. The van der Waals surface area contributed by atoms with Gasteiger partial charge in [0.2, 0.25) is 5.60 Å². The van der Waals surface area contributed by atoms with E-state index in [1.807, 2.05) is 6.92 Å². The lowest BCUT2D eigenvalue weighted by Crippen LogP contribution is -2.46. The molecule has 0 aromatic heterocycles. The Labute approximate surface area is 142 Å². The summed E-state index contributed by atoms with van der Waals surface area (Å²) in [4.78, 5) is 36.7. The minimum absolute atomic E-state index is 0.131. The van der Waals surface area contributed by atoms with Crippen molar-refractivity contribution < 1.29 is 28.6 Å². The molecule has 0 amide bonds. The smallest absolute Gasteiger partial charge is 0.350 e. The molecule has 0 aromatic carbocycles. The van der Waals surface area contributed by atoms with Crippen molar-refractivity contribution in [3.8, 4) is 0 Å². The molecule has 0 N–H and O–H groups in total. The summed E-state index contributed by atoms with van der Waals surface area (Å²) < 4.78 is 16.6. The third-order valence-electron chi connectivity index (χ3n) is 5.92. The lowest BCUT2D eigenvalue weighted by Gasteiger charge is -2.33. The summed E-state index contributed by atoms with van der Waals surface area (Å²) in [5, 5.41) is 0. The van der Waals surface area contributed by atoms with Crippen molar-refractivity contribution in [2.45, 2.75) is 77.6 Å². The number of ether oxygens (including phenoxy) is 3. The molecule has 4 unspecified atom stereocenters. The van der Waals surface area contributed by atoms with E-state index >= 15 is 0 Å². The van der Waals surface area contributed by atoms with Gasteiger partial charge in [-0.25, -0.2) is 4.79 Å². The molecule has 1 saturated heterocycles. The largest absolute Gasteiger partial charge is 0.462 e. The van der Waals surface area contributed by atoms with E-state index in [2.05, 4.69) is 0 Å². The Morgan fingerprint density at radius 3 is 2.38 bits per heavy atom. The molecule has 4 atom stereocenters. The van der Waals surface area contributed by atoms with Gasteiger partial charge in [-0.1, -0.05) is 6.92 Å². The second-order valence-electron chi connectivity index (χ2n) is 8.57. The van der Waals surface area contributed by atoms with Gasteiger partial charge in [-0.2, -0.15) is 0 Å². The Morgan fingerprint density at radius 1 is 1.17 bits per heavy atom. The molecule has 134 valence electrons. The quantitative estimate of drug-likeness (QED) is 0.566. The van der Waals surface area contributed by atoms with E-state index in [1.54, 1.807) is 27.7 Å². The topological polar surface area (TPSA) is 78.9 Å². The van der Waals surface area contributed by atoms with Crippen LogP contribution in [-0.4, -0.2) is 35.2 Å². The summed E-state index contributed by atoms with van der Waals surface area (Å²) in [5.41, 5.74) is -2.66. The highest BCUT2D eigenvalue weighted by Crippen LogP contribution is 2.58. The van der Waals surface area contributed by atoms with E-state index < -0.39 is 28.6 Å². The number of fused-ring (bicyclic) bond motifs is 1. The lowest BCUT2D eigenvalue weighted by molar-refractivity contribution is -0.194. The third kappa shape index (κ3) is 2.60. The van der Waals surface area contributed by atoms with Gasteiger partial charge >= 0.3 is 17.9 Å². The summed E-state index contributed by atoms with van der Waals surface area (Å²) >= 11 is 0. The van der Waals surface area contributed by atoms with Crippen LogP contribution < -0.4 is 0 Å². The molecular weight excluding hydrogens is 312 g/mol. The van der Waals surface area contributed by atoms with Crippen molar-refractivity contribution in [3.63, 3.8) is 0 Å². The Bertz CT molecular complexity index is 588. The monoisotopic (exact) mass is 338 g/mol. The number of esters is 3. The average molecular weight is 338 g/mol. The third-order valence-corrected chi connectivity index (χ3v) is 5.92. The van der Waals surface area contributed by atoms with Gasteiger partial charge in [-0.3, -0.25) is 9.59 Å². The van der Waals surface area contributed by atoms with Crippen molar-refractivity contribution in [2.75, 3.05) is 0 Å². The molecule has 2 aliphatic carbocycles. The first-order chi connectivity index (χ1) is 11.0. The number of hydrogen-bond donors (Lipinski definition) is 0. The zero-order chi connectivity index (χ0) is 17.9. The fourth-order valence-electron chi connectivity index (χ4n) is 3.91. The summed E-state index contributed by atoms with van der Waals surface area (Å²) in [6, 6.07) is 0. The van der Waals surface area contributed by atoms with Crippen LogP contribution in [0.3, 0.4) is 0 Å². The maximum Gasteiger partial charge on any atom is 0.350 e. The minimum Gasteiger partial charge on any atom is -0.462 e. The molecule has 6 heteroatoms. The zero-order valence-electron chi connectivity index (χ0n) is 15.0. The Kier molecular flexibility index (Phi) is 3.74. The maximum absolute atomic E-state index is 12.6. The van der Waals surface area contributed by atoms with Crippen LogP contribution in [0.1, 0.15) is 60.3 Å². The number of hydrogen-bond acceptors (Lipinski definition) is 6. The predicted octanol–water partition coefficient (Wildman–Crippen LogP) is 2.38. The summed E-state index contributed by atoms with van der Waals surface area (Å²) in [6.07, 6.45) is 2.21. The van der Waals surface area contributed by atoms with Gasteiger partial charge in [0.1, 0.15) is 11.7 Å². The second-order valence-corrected chi connectivity index (χ2v) is 8.57. The lowest BCUT2D eigenvalue weighted by atomic mass is 9.88. The first kappa shape index (κ1) is 17.2. The van der Waals surface area contributed by atoms with Gasteiger partial charge in [-0.15, -0.1) is 0 Å².